The molecule has 0 radical (unpaired) electrons. The third-order valence-electron chi connectivity index (χ3n) is 5.58. The highest BCUT2D eigenvalue weighted by molar-refractivity contribution is 5.79. The number of carbonyl (C=O) groups is 1. The number of hydrogen-bond donors (Lipinski definition) is 2. The van der Waals surface area contributed by atoms with Gasteiger partial charge in [-0.15, -0.1) is 0 Å². The molecule has 0 bridgehead atoms. The van der Waals surface area contributed by atoms with Gasteiger partial charge in [-0.2, -0.15) is 0 Å². The summed E-state index contributed by atoms with van der Waals surface area (Å²) in [6.45, 7) is 2.26. The van der Waals surface area contributed by atoms with E-state index in [1.807, 2.05) is 0 Å². The van der Waals surface area contributed by atoms with Crippen LogP contribution in [0.5, 0.6) is 0 Å². The fourth-order valence-electron chi connectivity index (χ4n) is 4.02. The first-order chi connectivity index (χ1) is 10.2. The van der Waals surface area contributed by atoms with Gasteiger partial charge in [-0.3, -0.25) is 4.79 Å². The van der Waals surface area contributed by atoms with E-state index in [-0.39, 0.29) is 23.9 Å². The van der Waals surface area contributed by atoms with Gasteiger partial charge in [0.2, 0.25) is 5.91 Å². The van der Waals surface area contributed by atoms with E-state index in [1.54, 1.807) is 0 Å². The van der Waals surface area contributed by atoms with Crippen molar-refractivity contribution >= 4 is 5.91 Å². The van der Waals surface area contributed by atoms with Gasteiger partial charge in [-0.05, 0) is 44.4 Å². The molecule has 21 heavy (non-hydrogen) atoms. The Balaban J connectivity index is 1.73. The summed E-state index contributed by atoms with van der Waals surface area (Å²) in [6.07, 6.45) is 14.5. The number of rotatable bonds is 5. The Labute approximate surface area is 130 Å². The molecular formula is C18H34N2O. The molecule has 0 heterocycles. The predicted octanol–water partition coefficient (Wildman–Crippen LogP) is 3.76. The van der Waals surface area contributed by atoms with Crippen molar-refractivity contribution in [2.24, 2.45) is 17.6 Å². The van der Waals surface area contributed by atoms with Crippen molar-refractivity contribution in [2.45, 2.75) is 96.1 Å². The molecule has 2 atom stereocenters. The highest BCUT2D eigenvalue weighted by atomic mass is 16.1. The van der Waals surface area contributed by atoms with Crippen LogP contribution in [0.3, 0.4) is 0 Å². The van der Waals surface area contributed by atoms with Crippen LogP contribution in [-0.4, -0.2) is 18.0 Å². The van der Waals surface area contributed by atoms with Crippen LogP contribution in [0.15, 0.2) is 0 Å². The number of carbonyl (C=O) groups excluding carboxylic acids is 1. The average Bonchev–Trinajstić information content (AvgIpc) is 2.70. The number of nitrogens with two attached hydrogens (primary N) is 1. The Morgan fingerprint density at radius 3 is 2.48 bits per heavy atom. The first-order valence-electron chi connectivity index (χ1n) is 9.26. The molecule has 2 fully saturated rings. The van der Waals surface area contributed by atoms with Gasteiger partial charge in [-0.1, -0.05) is 45.4 Å². The van der Waals surface area contributed by atoms with Crippen molar-refractivity contribution in [1.82, 2.24) is 5.32 Å². The van der Waals surface area contributed by atoms with Crippen molar-refractivity contribution in [1.29, 1.82) is 0 Å². The number of unbranched alkanes of at least 4 members (excludes halogenated alkanes) is 1. The molecule has 2 rings (SSSR count). The normalized spacial score (nSPS) is 34.2. The van der Waals surface area contributed by atoms with Crippen molar-refractivity contribution in [3.63, 3.8) is 0 Å². The van der Waals surface area contributed by atoms with Crippen LogP contribution in [0.25, 0.3) is 0 Å². The van der Waals surface area contributed by atoms with Crippen molar-refractivity contribution in [2.75, 3.05) is 0 Å². The lowest BCUT2D eigenvalue weighted by Crippen LogP contribution is -2.49. The highest BCUT2D eigenvalue weighted by Crippen LogP contribution is 2.32. The van der Waals surface area contributed by atoms with Gasteiger partial charge in [0.1, 0.15) is 0 Å². The second-order valence-electron chi connectivity index (χ2n) is 7.28. The Kier molecular flexibility index (Phi) is 7.01. The summed E-state index contributed by atoms with van der Waals surface area (Å²) in [4.78, 5) is 12.5. The molecule has 2 unspecified atom stereocenters. The van der Waals surface area contributed by atoms with E-state index in [1.165, 1.54) is 51.4 Å². The molecule has 0 spiro atoms. The third-order valence-corrected chi connectivity index (χ3v) is 5.58. The molecule has 2 aliphatic carbocycles. The smallest absolute Gasteiger partial charge is 0.223 e. The molecule has 0 aromatic rings. The first kappa shape index (κ1) is 16.8. The maximum absolute atomic E-state index is 12.5. The molecule has 0 aromatic heterocycles. The molecule has 0 aromatic carbocycles. The maximum atomic E-state index is 12.5. The van der Waals surface area contributed by atoms with Gasteiger partial charge in [-0.25, -0.2) is 0 Å². The molecule has 2 saturated carbocycles. The topological polar surface area (TPSA) is 55.1 Å². The summed E-state index contributed by atoms with van der Waals surface area (Å²) in [5.74, 6) is 1.40. The monoisotopic (exact) mass is 294 g/mol. The third kappa shape index (κ3) is 5.28. The van der Waals surface area contributed by atoms with E-state index in [4.69, 9.17) is 5.73 Å². The zero-order valence-electron chi connectivity index (χ0n) is 13.8. The molecule has 3 N–H and O–H groups in total. The number of amides is 1. The molecule has 3 heteroatoms. The largest absolute Gasteiger partial charge is 0.352 e. The molecular weight excluding hydrogens is 260 g/mol. The minimum absolute atomic E-state index is 0.164. The van der Waals surface area contributed by atoms with Crippen LogP contribution >= 0.6 is 0 Å². The van der Waals surface area contributed by atoms with Crippen LogP contribution in [0, 0.1) is 11.8 Å². The molecule has 3 nitrogen and oxygen atoms in total. The molecule has 0 saturated heterocycles. The van der Waals surface area contributed by atoms with Gasteiger partial charge in [0.05, 0.1) is 0 Å². The van der Waals surface area contributed by atoms with Gasteiger partial charge in [0, 0.05) is 18.0 Å². The van der Waals surface area contributed by atoms with Gasteiger partial charge < -0.3 is 11.1 Å². The summed E-state index contributed by atoms with van der Waals surface area (Å²) >= 11 is 0. The standard InChI is InChI=1S/C18H34N2O/c1-2-3-7-14-10-12-15(13-11-14)18(21)20-17-9-6-4-5-8-16(17)19/h14-17H,2-13,19H2,1H3,(H,20,21). The fourth-order valence-corrected chi connectivity index (χ4v) is 4.02. The highest BCUT2D eigenvalue weighted by Gasteiger charge is 2.29. The van der Waals surface area contributed by atoms with E-state index in [0.717, 1.165) is 31.6 Å². The molecule has 2 aliphatic rings. The Bertz CT molecular complexity index is 310. The van der Waals surface area contributed by atoms with Crippen LogP contribution in [0.2, 0.25) is 0 Å². The number of hydrogen-bond acceptors (Lipinski definition) is 2. The van der Waals surface area contributed by atoms with E-state index in [0.29, 0.717) is 0 Å². The van der Waals surface area contributed by atoms with Crippen LogP contribution in [-0.2, 0) is 4.79 Å². The van der Waals surface area contributed by atoms with Gasteiger partial charge >= 0.3 is 0 Å². The summed E-state index contributed by atoms with van der Waals surface area (Å²) in [6, 6.07) is 0.384. The number of nitrogens with one attached hydrogen (secondary N) is 1. The van der Waals surface area contributed by atoms with Crippen LogP contribution in [0.4, 0.5) is 0 Å². The quantitative estimate of drug-likeness (QED) is 0.759. The fraction of sp³-hybridized carbons (Fsp3) is 0.944. The second kappa shape index (κ2) is 8.77. The van der Waals surface area contributed by atoms with Gasteiger partial charge in [0.15, 0.2) is 0 Å². The summed E-state index contributed by atoms with van der Waals surface area (Å²) in [5.41, 5.74) is 6.22. The summed E-state index contributed by atoms with van der Waals surface area (Å²) in [7, 11) is 0. The Morgan fingerprint density at radius 2 is 1.76 bits per heavy atom. The lowest BCUT2D eigenvalue weighted by Gasteiger charge is -2.30. The maximum Gasteiger partial charge on any atom is 0.223 e. The zero-order chi connectivity index (χ0) is 15.1. The molecule has 1 amide bonds. The lowest BCUT2D eigenvalue weighted by molar-refractivity contribution is -0.127. The van der Waals surface area contributed by atoms with Crippen molar-refractivity contribution < 1.29 is 4.79 Å². The summed E-state index contributed by atoms with van der Waals surface area (Å²) in [5, 5.41) is 3.27. The zero-order valence-corrected chi connectivity index (χ0v) is 13.8. The van der Waals surface area contributed by atoms with E-state index >= 15 is 0 Å². The van der Waals surface area contributed by atoms with E-state index < -0.39 is 0 Å². The molecule has 0 aliphatic heterocycles. The van der Waals surface area contributed by atoms with Crippen LogP contribution < -0.4 is 11.1 Å². The molecule has 122 valence electrons. The SMILES string of the molecule is CCCCC1CCC(C(=O)NC2CCCCCC2N)CC1. The lowest BCUT2D eigenvalue weighted by atomic mass is 9.79. The van der Waals surface area contributed by atoms with Gasteiger partial charge in [0.25, 0.3) is 0 Å². The van der Waals surface area contributed by atoms with Crippen molar-refractivity contribution in [3.8, 4) is 0 Å². The Hall–Kier alpha value is -0.570. The predicted molar refractivity (Wildman–Crippen MR) is 88.0 cm³/mol. The first-order valence-corrected chi connectivity index (χ1v) is 9.26. The second-order valence-corrected chi connectivity index (χ2v) is 7.28. The van der Waals surface area contributed by atoms with Crippen molar-refractivity contribution in [3.05, 3.63) is 0 Å². The van der Waals surface area contributed by atoms with E-state index in [2.05, 4.69) is 12.2 Å². The van der Waals surface area contributed by atoms with E-state index in [9.17, 15) is 4.79 Å². The van der Waals surface area contributed by atoms with Crippen LogP contribution in [0.1, 0.15) is 84.0 Å². The summed E-state index contributed by atoms with van der Waals surface area (Å²) < 4.78 is 0. The Morgan fingerprint density at radius 1 is 1.05 bits per heavy atom. The minimum atomic E-state index is 0.164. The minimum Gasteiger partial charge on any atom is -0.352 e. The average molecular weight is 294 g/mol.